The van der Waals surface area contributed by atoms with Crippen LogP contribution in [0.1, 0.15) is 273 Å². The van der Waals surface area contributed by atoms with E-state index in [1.165, 1.54) is 49.6 Å². The molecule has 0 bridgehead atoms. The average molecular weight is 1720 g/mol. The Kier molecular flexibility index (Phi) is 50.3. The Morgan fingerprint density at radius 2 is 1.18 bits per heavy atom. The fourth-order valence-corrected chi connectivity index (χ4v) is 13.8. The van der Waals surface area contributed by atoms with Gasteiger partial charge in [0.05, 0.1) is 68.8 Å². The largest absolute Gasteiger partial charge is 0.503 e. The second-order valence-corrected chi connectivity index (χ2v) is 35.8. The summed E-state index contributed by atoms with van der Waals surface area (Å²) in [5, 5.41) is 40.0. The number of nitrogens with zero attached hydrogens (tertiary/aromatic N) is 5. The number of hydrogen-bond donors (Lipinski definition) is 5. The van der Waals surface area contributed by atoms with Gasteiger partial charge in [-0.25, -0.2) is 8.78 Å². The molecule has 0 spiro atoms. The number of aliphatic hydroxyl groups is 2. The minimum Gasteiger partial charge on any atom is -0.503 e. The van der Waals surface area contributed by atoms with E-state index in [4.69, 9.17) is 54.5 Å². The van der Waals surface area contributed by atoms with E-state index in [9.17, 15) is 70.3 Å². The number of aliphatic carboxylic acids is 1. The number of aromatic hydroxyl groups is 1. The van der Waals surface area contributed by atoms with Gasteiger partial charge in [-0.1, -0.05) is 90.2 Å². The number of ketones is 1. The lowest BCUT2D eigenvalue weighted by Gasteiger charge is -2.46. The van der Waals surface area contributed by atoms with E-state index < -0.39 is 79.2 Å². The van der Waals surface area contributed by atoms with Crippen molar-refractivity contribution in [3.63, 3.8) is 0 Å². The number of amides is 1. The number of carboxylic acid groups (broad SMARTS) is 1. The molecule has 30 nitrogen and oxygen atoms in total. The van der Waals surface area contributed by atoms with Crippen molar-refractivity contribution < 1.29 is 118 Å². The summed E-state index contributed by atoms with van der Waals surface area (Å²) in [6, 6.07) is 9.88. The third kappa shape index (κ3) is 42.9. The van der Waals surface area contributed by atoms with Crippen molar-refractivity contribution in [2.75, 3.05) is 47.2 Å². The summed E-state index contributed by atoms with van der Waals surface area (Å²) < 4.78 is 92.9. The van der Waals surface area contributed by atoms with Crippen LogP contribution in [0.4, 0.5) is 8.78 Å². The molecule has 3 aliphatic carbocycles. The van der Waals surface area contributed by atoms with Crippen LogP contribution in [0.15, 0.2) is 63.5 Å². The zero-order valence-electron chi connectivity index (χ0n) is 73.9. The van der Waals surface area contributed by atoms with E-state index in [1.54, 1.807) is 30.9 Å². The number of azide groups is 1. The van der Waals surface area contributed by atoms with Crippen molar-refractivity contribution in [3.8, 4) is 5.75 Å². The number of aliphatic hydroxyl groups excluding tert-OH is 2. The number of carbonyl (C=O) groups excluding carboxylic acids is 8. The van der Waals surface area contributed by atoms with Gasteiger partial charge < -0.3 is 68.8 Å². The Morgan fingerprint density at radius 3 is 1.65 bits per heavy atom. The zero-order valence-corrected chi connectivity index (χ0v) is 74.7. The molecule has 3 heterocycles. The number of aryl methyl sites for hydroxylation is 2. The van der Waals surface area contributed by atoms with Crippen molar-refractivity contribution in [2.45, 2.75) is 307 Å². The predicted molar refractivity (Wildman–Crippen MR) is 449 cm³/mol. The number of hydrogen-bond acceptors (Lipinski definition) is 25. The number of Topliss-reactive ketones (excluding diaryl/α,β-unsaturated/α-hetero) is 1. The molecule has 3 aromatic rings. The van der Waals surface area contributed by atoms with E-state index in [2.05, 4.69) is 19.5 Å². The quantitative estimate of drug-likeness (QED) is 0.00947. The number of pyridine rings is 1. The Hall–Kier alpha value is -8.46. The summed E-state index contributed by atoms with van der Waals surface area (Å²) in [6.45, 7) is 36.2. The molecule has 33 heteroatoms. The van der Waals surface area contributed by atoms with Gasteiger partial charge in [0.15, 0.2) is 23.5 Å². The van der Waals surface area contributed by atoms with Crippen molar-refractivity contribution in [1.82, 2.24) is 9.47 Å². The molecule has 2 aromatic carbocycles. The molecule has 2 aliphatic heterocycles. The first-order valence-electron chi connectivity index (χ1n) is 40.9. The van der Waals surface area contributed by atoms with Crippen LogP contribution >= 0.6 is 0 Å². The minimum atomic E-state index is -3.76. The second kappa shape index (κ2) is 54.1. The maximum absolute atomic E-state index is 13.9. The number of rotatable bonds is 26. The van der Waals surface area contributed by atoms with Crippen LogP contribution < -0.4 is 11.2 Å². The van der Waals surface area contributed by atoms with Gasteiger partial charge in [-0.15, -0.1) is 0 Å². The molecule has 0 unspecified atom stereocenters. The number of methoxy groups -OCH3 is 2. The van der Waals surface area contributed by atoms with E-state index in [0.29, 0.717) is 51.2 Å². The third-order valence-electron chi connectivity index (χ3n) is 19.0. The van der Waals surface area contributed by atoms with Gasteiger partial charge in [-0.3, -0.25) is 52.1 Å². The molecule has 1 amide bonds. The Balaban J connectivity index is 0.00000144. The molecule has 4 fully saturated rings. The molecule has 682 valence electrons. The van der Waals surface area contributed by atoms with Gasteiger partial charge in [0.25, 0.3) is 16.0 Å². The topological polar surface area (TPSA) is 443 Å². The second-order valence-electron chi connectivity index (χ2n) is 34.2. The summed E-state index contributed by atoms with van der Waals surface area (Å²) in [5.41, 5.74) is 11.6. The fraction of sp³-hybridized carbons (Fsp3) is 0.701. The maximum atomic E-state index is 13.9. The number of aromatic nitrogens is 1. The molecule has 8 rings (SSSR count). The van der Waals surface area contributed by atoms with E-state index in [0.717, 1.165) is 62.6 Å². The Morgan fingerprint density at radius 1 is 0.683 bits per heavy atom. The van der Waals surface area contributed by atoms with Crippen molar-refractivity contribution >= 4 is 63.6 Å². The average Bonchev–Trinajstić information content (AvgIpc) is 0.999. The zero-order chi connectivity index (χ0) is 91.1. The first kappa shape index (κ1) is 112. The van der Waals surface area contributed by atoms with Gasteiger partial charge in [0.1, 0.15) is 34.0 Å². The van der Waals surface area contributed by atoms with Crippen LogP contribution in [-0.2, 0) is 94.0 Å². The number of carbonyl (C=O) groups is 9. The molecule has 1 aromatic heterocycles. The molecule has 11 atom stereocenters. The van der Waals surface area contributed by atoms with E-state index >= 15 is 0 Å². The van der Waals surface area contributed by atoms with Crippen LogP contribution in [0.3, 0.4) is 0 Å². The summed E-state index contributed by atoms with van der Waals surface area (Å²) >= 11 is 0. The van der Waals surface area contributed by atoms with Crippen LogP contribution in [0.25, 0.3) is 10.4 Å². The number of benzene rings is 2. The van der Waals surface area contributed by atoms with E-state index in [-0.39, 0.29) is 177 Å². The number of esters is 6. The molecule has 5 aliphatic rings. The number of carboxylic acids is 1. The third-order valence-corrected chi connectivity index (χ3v) is 20.3. The first-order chi connectivity index (χ1) is 55.3. The van der Waals surface area contributed by atoms with Crippen LogP contribution in [0.5, 0.6) is 5.75 Å². The highest BCUT2D eigenvalue weighted by molar-refractivity contribution is 7.86. The highest BCUT2D eigenvalue weighted by atomic mass is 32.2. The lowest BCUT2D eigenvalue weighted by molar-refractivity contribution is -0.158. The van der Waals surface area contributed by atoms with Crippen molar-refractivity contribution in [1.29, 1.82) is 0 Å². The van der Waals surface area contributed by atoms with Crippen molar-refractivity contribution in [3.05, 3.63) is 103 Å². The first-order valence-corrected chi connectivity index (χ1v) is 42.3. The Labute approximate surface area is 709 Å². The molecule has 3 saturated carbocycles. The summed E-state index contributed by atoms with van der Waals surface area (Å²) in [6.07, 6.45) is 11.9. The lowest BCUT2D eigenvalue weighted by Crippen LogP contribution is -2.59. The maximum Gasteiger partial charge on any atom is 0.310 e. The van der Waals surface area contributed by atoms with Crippen LogP contribution in [-0.4, -0.2) is 180 Å². The van der Waals surface area contributed by atoms with Gasteiger partial charge in [0.2, 0.25) is 5.43 Å². The molecule has 1 saturated heterocycles. The van der Waals surface area contributed by atoms with E-state index in [1.807, 2.05) is 118 Å². The summed E-state index contributed by atoms with van der Waals surface area (Å²) in [5.74, 6) is -6.08. The van der Waals surface area contributed by atoms with Crippen molar-refractivity contribution in [2.24, 2.45) is 58.2 Å². The molecule has 6 N–H and O–H groups in total. The minimum absolute atomic E-state index is 0. The fourth-order valence-electron chi connectivity index (χ4n) is 12.8. The monoisotopic (exact) mass is 1720 g/mol. The summed E-state index contributed by atoms with van der Waals surface area (Å²) in [4.78, 5) is 121. The number of ether oxygens (including phenoxy) is 7. The van der Waals surface area contributed by atoms with Gasteiger partial charge in [-0.05, 0) is 214 Å². The van der Waals surface area contributed by atoms with Gasteiger partial charge in [0, 0.05) is 80.4 Å². The molecular weight excluding hydrogens is 1580 g/mol. The van der Waals surface area contributed by atoms with Gasteiger partial charge in [-0.2, -0.15) is 8.42 Å². The SMILES string of the molecule is C.CC.CC(C)(C)OC(=O)C[C@H]1CCC[C@H]1C(=O)O.COC(=O)[C@@H](C)CCC(=O)OC(C)(C)C.COC(=O)[C@@H](C)CO.C[C@@H](CCC(=O)OC(C)(C)C)CN=[N+]=[N-].Cc1ccc(S(=O)(=O)OC[C@@H](C)CCC(=O)OC(C)(C)C)cc1.N[C@H]1CCC[C@H]1CO.O=C(CCc1ccc(F)cc1F)c1cn2c(c(O)c1=O)C(=O)N1[C@@H](C2)OC[C@@H]2CCC[C@@H]21. The molecule has 0 radical (unpaired) electrons. The molecular formula is C87H140F2N6O24S. The summed E-state index contributed by atoms with van der Waals surface area (Å²) in [7, 11) is -1.12. The highest BCUT2D eigenvalue weighted by Crippen LogP contribution is 2.40. The van der Waals surface area contributed by atoms with Gasteiger partial charge >= 0.3 is 41.8 Å². The Bertz CT molecular complexity index is 3940. The van der Waals surface area contributed by atoms with Crippen LogP contribution in [0, 0.1) is 65.9 Å². The standard InChI is InChI=1S/C23H22F2N2O5.C17H26O5S.C12H20O4.C11H20O4.C10H19N3O2.C6H13NO.C5H10O3.C2H6.CH4/c24-14-6-4-12(16(25)8-14)5-7-18(28)15-9-26-10-19-27(17-3-1-2-13(17)11-32-19)23(31)20(26)22(30)21(15)29;1-13-6-9-15(10-7-13)23(19,20)21-12-14(2)8-11-16(18)22-17(3,4)5;1-12(2,3)16-10(13)7-8-5-4-6-9(8)11(14)15;1-8(10(13)14-5)6-7-9(12)15-11(2,3)4;1-8(7-12-13-11)5-6-9(14)15-10(2,3)4;7-6-3-1-2-5(6)4-8;1-4(3-6)5(7)8-2;1-2;/h4,6,8-9,13,17,19,30H,1-3,5,7,10-11H2;6-7,9-10,14H,8,11-12H2,1-5H3;8-9H,4-7H2,1-3H3,(H,14,15);8H,6-7H2,1-5H3;8H,5-7H2,1-4H3;5-6,8H,1-4,7H2;4,6H,3H2,1-2H3;1-2H3;1H4/t13-,17-,19+;14-;8-,9-;2*8-;5-,6-;4-;;/m0010000../s1. The smallest absolute Gasteiger partial charge is 0.310 e. The highest BCUT2D eigenvalue weighted by Gasteiger charge is 2.48. The number of halogens is 2. The molecule has 120 heavy (non-hydrogen) atoms. The normalized spacial score (nSPS) is 19.1. The number of nitrogens with two attached hydrogens (primary N) is 1. The number of fused-ring (bicyclic) bond motifs is 4. The lowest BCUT2D eigenvalue weighted by atomic mass is 9.93. The van der Waals surface area contributed by atoms with Crippen LogP contribution in [0.2, 0.25) is 0 Å². The predicted octanol–water partition coefficient (Wildman–Crippen LogP) is 14.8.